The Kier molecular flexibility index (Phi) is 3.79. The van der Waals surface area contributed by atoms with Crippen molar-refractivity contribution in [2.24, 2.45) is 11.7 Å². The molecule has 1 aromatic carbocycles. The number of fused-ring (bicyclic) bond motifs is 1. The van der Waals surface area contributed by atoms with Gasteiger partial charge < -0.3 is 5.73 Å². The third-order valence-electron chi connectivity index (χ3n) is 4.34. The van der Waals surface area contributed by atoms with Crippen molar-refractivity contribution in [1.82, 2.24) is 4.98 Å². The summed E-state index contributed by atoms with van der Waals surface area (Å²) in [5, 5.41) is 1.08. The van der Waals surface area contributed by atoms with E-state index in [0.717, 1.165) is 42.1 Å². The Labute approximate surface area is 119 Å². The first-order valence-electron chi connectivity index (χ1n) is 7.36. The Morgan fingerprint density at radius 1 is 1.20 bits per heavy atom. The predicted octanol–water partition coefficient (Wildman–Crippen LogP) is 2.86. The number of carbonyl (C=O) groups is 1. The summed E-state index contributed by atoms with van der Waals surface area (Å²) in [5.74, 6) is 0.323. The summed E-state index contributed by atoms with van der Waals surface area (Å²) in [6.07, 6.45) is 6.47. The second kappa shape index (κ2) is 5.71. The normalized spacial score (nSPS) is 22.9. The van der Waals surface area contributed by atoms with E-state index in [1.807, 2.05) is 30.3 Å². The smallest absolute Gasteiger partial charge is 0.141 e. The zero-order valence-corrected chi connectivity index (χ0v) is 11.6. The predicted molar refractivity (Wildman–Crippen MR) is 80.4 cm³/mol. The number of hydrogen-bond donors (Lipinski definition) is 1. The molecule has 3 rings (SSSR count). The van der Waals surface area contributed by atoms with Crippen LogP contribution in [-0.4, -0.2) is 16.8 Å². The summed E-state index contributed by atoms with van der Waals surface area (Å²) < 4.78 is 0. The first kappa shape index (κ1) is 13.3. The van der Waals surface area contributed by atoms with E-state index in [1.165, 1.54) is 0 Å². The van der Waals surface area contributed by atoms with Crippen molar-refractivity contribution >= 4 is 16.7 Å². The van der Waals surface area contributed by atoms with E-state index in [4.69, 9.17) is 5.73 Å². The molecule has 0 bridgehead atoms. The number of pyridine rings is 1. The molecule has 1 fully saturated rings. The minimum Gasteiger partial charge on any atom is -0.327 e. The van der Waals surface area contributed by atoms with Crippen LogP contribution >= 0.6 is 0 Å². The van der Waals surface area contributed by atoms with Gasteiger partial charge >= 0.3 is 0 Å². The molecular formula is C17H20N2O. The lowest BCUT2D eigenvalue weighted by Gasteiger charge is -2.27. The fraction of sp³-hybridized carbons (Fsp3) is 0.412. The molecule has 1 aromatic heterocycles. The quantitative estimate of drug-likeness (QED) is 0.931. The van der Waals surface area contributed by atoms with Gasteiger partial charge in [-0.15, -0.1) is 0 Å². The van der Waals surface area contributed by atoms with Gasteiger partial charge in [0.05, 0.1) is 5.52 Å². The number of para-hydroxylation sites is 1. The molecule has 3 nitrogen and oxygen atoms in total. The summed E-state index contributed by atoms with van der Waals surface area (Å²) in [5.41, 5.74) is 8.13. The highest BCUT2D eigenvalue weighted by molar-refractivity contribution is 5.90. The molecule has 104 valence electrons. The number of ketones is 1. The van der Waals surface area contributed by atoms with Crippen molar-refractivity contribution in [3.8, 4) is 0 Å². The molecule has 3 heteroatoms. The molecule has 0 saturated heterocycles. The summed E-state index contributed by atoms with van der Waals surface area (Å²) in [7, 11) is 0. The van der Waals surface area contributed by atoms with Crippen LogP contribution in [0.4, 0.5) is 0 Å². The van der Waals surface area contributed by atoms with Crippen LogP contribution in [0.5, 0.6) is 0 Å². The van der Waals surface area contributed by atoms with Crippen LogP contribution in [0.1, 0.15) is 31.2 Å². The van der Waals surface area contributed by atoms with Gasteiger partial charge in [0.15, 0.2) is 0 Å². The highest BCUT2D eigenvalue weighted by atomic mass is 16.1. The maximum atomic E-state index is 12.5. The van der Waals surface area contributed by atoms with Crippen molar-refractivity contribution < 1.29 is 4.79 Å². The SMILES string of the molecule is NC1CCCCC1C(=O)Cc1ccnc2ccccc12. The summed E-state index contributed by atoms with van der Waals surface area (Å²) in [6.45, 7) is 0. The van der Waals surface area contributed by atoms with Crippen molar-refractivity contribution in [1.29, 1.82) is 0 Å². The topological polar surface area (TPSA) is 56.0 Å². The fourth-order valence-electron chi connectivity index (χ4n) is 3.19. The lowest BCUT2D eigenvalue weighted by atomic mass is 9.80. The molecule has 20 heavy (non-hydrogen) atoms. The van der Waals surface area contributed by atoms with E-state index in [-0.39, 0.29) is 17.7 Å². The fourth-order valence-corrected chi connectivity index (χ4v) is 3.19. The molecule has 0 aliphatic heterocycles. The van der Waals surface area contributed by atoms with E-state index < -0.39 is 0 Å². The molecule has 1 heterocycles. The number of hydrogen-bond acceptors (Lipinski definition) is 3. The lowest BCUT2D eigenvalue weighted by Crippen LogP contribution is -2.38. The van der Waals surface area contributed by atoms with Crippen LogP contribution < -0.4 is 5.73 Å². The molecule has 1 saturated carbocycles. The van der Waals surface area contributed by atoms with Gasteiger partial charge in [0.1, 0.15) is 5.78 Å². The first-order valence-corrected chi connectivity index (χ1v) is 7.36. The van der Waals surface area contributed by atoms with E-state index in [0.29, 0.717) is 6.42 Å². The summed E-state index contributed by atoms with van der Waals surface area (Å²) in [6, 6.07) is 9.97. The van der Waals surface area contributed by atoms with Crippen molar-refractivity contribution in [2.45, 2.75) is 38.1 Å². The lowest BCUT2D eigenvalue weighted by molar-refractivity contribution is -0.123. The van der Waals surface area contributed by atoms with Crippen LogP contribution in [0.25, 0.3) is 10.9 Å². The number of carbonyl (C=O) groups excluding carboxylic acids is 1. The van der Waals surface area contributed by atoms with Crippen LogP contribution in [0, 0.1) is 5.92 Å². The first-order chi connectivity index (χ1) is 9.75. The van der Waals surface area contributed by atoms with Crippen LogP contribution in [0.15, 0.2) is 36.5 Å². The molecule has 2 aromatic rings. The second-order valence-corrected chi connectivity index (χ2v) is 5.69. The molecule has 2 unspecified atom stereocenters. The zero-order chi connectivity index (χ0) is 13.9. The third kappa shape index (κ3) is 2.59. The zero-order valence-electron chi connectivity index (χ0n) is 11.6. The molecule has 2 atom stereocenters. The number of aromatic nitrogens is 1. The number of nitrogens with two attached hydrogens (primary N) is 1. The van der Waals surface area contributed by atoms with E-state index in [2.05, 4.69) is 4.98 Å². The highest BCUT2D eigenvalue weighted by Crippen LogP contribution is 2.26. The van der Waals surface area contributed by atoms with Gasteiger partial charge in [-0.25, -0.2) is 0 Å². The summed E-state index contributed by atoms with van der Waals surface area (Å²) >= 11 is 0. The number of nitrogens with zero attached hydrogens (tertiary/aromatic N) is 1. The van der Waals surface area contributed by atoms with Gasteiger partial charge in [0.2, 0.25) is 0 Å². The molecule has 1 aliphatic carbocycles. The average molecular weight is 268 g/mol. The second-order valence-electron chi connectivity index (χ2n) is 5.69. The van der Waals surface area contributed by atoms with Gasteiger partial charge in [0, 0.05) is 30.0 Å². The summed E-state index contributed by atoms with van der Waals surface area (Å²) in [4.78, 5) is 16.9. The van der Waals surface area contributed by atoms with Gasteiger partial charge in [-0.1, -0.05) is 31.0 Å². The minimum absolute atomic E-state index is 0.0377. The molecule has 1 aliphatic rings. The largest absolute Gasteiger partial charge is 0.327 e. The average Bonchev–Trinajstić information content (AvgIpc) is 2.48. The van der Waals surface area contributed by atoms with Crippen molar-refractivity contribution in [3.63, 3.8) is 0 Å². The van der Waals surface area contributed by atoms with E-state index >= 15 is 0 Å². The standard InChI is InChI=1S/C17H20N2O/c18-15-7-3-1-6-14(15)17(20)11-12-9-10-19-16-8-4-2-5-13(12)16/h2,4-5,8-10,14-15H,1,3,6-7,11,18H2. The Morgan fingerprint density at radius 3 is 2.85 bits per heavy atom. The third-order valence-corrected chi connectivity index (χ3v) is 4.34. The Morgan fingerprint density at radius 2 is 2.00 bits per heavy atom. The Balaban J connectivity index is 1.84. The van der Waals surface area contributed by atoms with Gasteiger partial charge in [-0.3, -0.25) is 9.78 Å². The van der Waals surface area contributed by atoms with Crippen molar-refractivity contribution in [3.05, 3.63) is 42.1 Å². The number of rotatable bonds is 3. The Hall–Kier alpha value is -1.74. The molecular weight excluding hydrogens is 248 g/mol. The van der Waals surface area contributed by atoms with E-state index in [9.17, 15) is 4.79 Å². The minimum atomic E-state index is 0.0377. The highest BCUT2D eigenvalue weighted by Gasteiger charge is 2.28. The number of Topliss-reactive ketones (excluding diaryl/α,β-unsaturated/α-hetero) is 1. The maximum absolute atomic E-state index is 12.5. The monoisotopic (exact) mass is 268 g/mol. The maximum Gasteiger partial charge on any atom is 0.141 e. The van der Waals surface area contributed by atoms with E-state index in [1.54, 1.807) is 6.20 Å². The Bertz CT molecular complexity index is 618. The van der Waals surface area contributed by atoms with Crippen LogP contribution in [0.3, 0.4) is 0 Å². The molecule has 2 N–H and O–H groups in total. The number of benzene rings is 1. The van der Waals surface area contributed by atoms with Gasteiger partial charge in [-0.05, 0) is 30.5 Å². The molecule has 0 radical (unpaired) electrons. The van der Waals surface area contributed by atoms with Crippen LogP contribution in [0.2, 0.25) is 0 Å². The van der Waals surface area contributed by atoms with Gasteiger partial charge in [-0.2, -0.15) is 0 Å². The van der Waals surface area contributed by atoms with Crippen molar-refractivity contribution in [2.75, 3.05) is 0 Å². The van der Waals surface area contributed by atoms with Gasteiger partial charge in [0.25, 0.3) is 0 Å². The molecule has 0 amide bonds. The van der Waals surface area contributed by atoms with Crippen LogP contribution in [-0.2, 0) is 11.2 Å². The molecule has 0 spiro atoms.